The maximum atomic E-state index is 5.79. The molecule has 0 bridgehead atoms. The molecule has 2 aromatic rings. The molecule has 0 aliphatic carbocycles. The highest BCUT2D eigenvalue weighted by Crippen LogP contribution is 2.29. The van der Waals surface area contributed by atoms with Gasteiger partial charge in [0.1, 0.15) is 12.4 Å². The Balaban J connectivity index is 2.27. The first-order chi connectivity index (χ1) is 10.3. The van der Waals surface area contributed by atoms with Gasteiger partial charge < -0.3 is 9.47 Å². The molecule has 0 amide bonds. The number of nitrogens with two attached hydrogens (primary N) is 1. The van der Waals surface area contributed by atoms with Crippen LogP contribution in [0.5, 0.6) is 5.75 Å². The molecule has 3 N–H and O–H groups in total. The molecule has 4 nitrogen and oxygen atoms in total. The Kier molecular flexibility index (Phi) is 5.75. The zero-order valence-electron chi connectivity index (χ0n) is 12.5. The van der Waals surface area contributed by atoms with E-state index in [9.17, 15) is 0 Å². The summed E-state index contributed by atoms with van der Waals surface area (Å²) in [5, 5.41) is 0. The maximum Gasteiger partial charge on any atom is 0.124 e. The van der Waals surface area contributed by atoms with E-state index in [0.29, 0.717) is 13.2 Å². The van der Waals surface area contributed by atoms with Crippen molar-refractivity contribution < 1.29 is 9.47 Å². The highest BCUT2D eigenvalue weighted by molar-refractivity contribution is 5.42. The Bertz CT molecular complexity index is 555. The fourth-order valence-corrected chi connectivity index (χ4v) is 2.21. The van der Waals surface area contributed by atoms with Crippen LogP contribution in [0.1, 0.15) is 22.7 Å². The summed E-state index contributed by atoms with van der Waals surface area (Å²) >= 11 is 0. The lowest BCUT2D eigenvalue weighted by atomic mass is 9.97. The van der Waals surface area contributed by atoms with Crippen molar-refractivity contribution in [2.75, 3.05) is 20.3 Å². The molecule has 2 aromatic carbocycles. The summed E-state index contributed by atoms with van der Waals surface area (Å²) in [7, 11) is 1.66. The predicted octanol–water partition coefficient (Wildman–Crippen LogP) is 2.57. The summed E-state index contributed by atoms with van der Waals surface area (Å²) < 4.78 is 10.8. The highest BCUT2D eigenvalue weighted by Gasteiger charge is 2.16. The summed E-state index contributed by atoms with van der Waals surface area (Å²) in [6.45, 7) is 3.13. The number of hydrogen-bond donors (Lipinski definition) is 2. The van der Waals surface area contributed by atoms with Gasteiger partial charge in [0.25, 0.3) is 0 Å². The van der Waals surface area contributed by atoms with Gasteiger partial charge in [-0.2, -0.15) is 0 Å². The van der Waals surface area contributed by atoms with Gasteiger partial charge in [0.15, 0.2) is 0 Å². The number of aryl methyl sites for hydroxylation is 1. The number of rotatable bonds is 7. The van der Waals surface area contributed by atoms with Crippen molar-refractivity contribution in [1.82, 2.24) is 5.43 Å². The first-order valence-corrected chi connectivity index (χ1v) is 6.99. The van der Waals surface area contributed by atoms with E-state index in [2.05, 4.69) is 36.6 Å². The summed E-state index contributed by atoms with van der Waals surface area (Å²) in [6, 6.07) is 16.1. The normalized spacial score (nSPS) is 12.1. The third kappa shape index (κ3) is 4.04. The standard InChI is InChI=1S/C17H22N2O2/c1-13-7-9-14(10-8-13)17(19-18)15-5-3-4-6-16(15)21-12-11-20-2/h3-10,17,19H,11-12,18H2,1-2H3. The van der Waals surface area contributed by atoms with E-state index in [1.165, 1.54) is 5.56 Å². The Morgan fingerprint density at radius 3 is 2.43 bits per heavy atom. The van der Waals surface area contributed by atoms with E-state index < -0.39 is 0 Å². The molecule has 0 saturated carbocycles. The van der Waals surface area contributed by atoms with Crippen molar-refractivity contribution >= 4 is 0 Å². The lowest BCUT2D eigenvalue weighted by molar-refractivity contribution is 0.145. The van der Waals surface area contributed by atoms with E-state index in [-0.39, 0.29) is 6.04 Å². The van der Waals surface area contributed by atoms with Crippen LogP contribution in [0.4, 0.5) is 0 Å². The maximum absolute atomic E-state index is 5.79. The van der Waals surface area contributed by atoms with E-state index in [1.54, 1.807) is 7.11 Å². The summed E-state index contributed by atoms with van der Waals surface area (Å²) in [5.41, 5.74) is 6.21. The third-order valence-electron chi connectivity index (χ3n) is 3.35. The Labute approximate surface area is 125 Å². The summed E-state index contributed by atoms with van der Waals surface area (Å²) in [6.07, 6.45) is 0. The summed E-state index contributed by atoms with van der Waals surface area (Å²) in [4.78, 5) is 0. The van der Waals surface area contributed by atoms with Crippen molar-refractivity contribution in [2.24, 2.45) is 5.84 Å². The van der Waals surface area contributed by atoms with Crippen molar-refractivity contribution in [3.63, 3.8) is 0 Å². The van der Waals surface area contributed by atoms with Crippen molar-refractivity contribution in [1.29, 1.82) is 0 Å². The smallest absolute Gasteiger partial charge is 0.124 e. The lowest BCUT2D eigenvalue weighted by Gasteiger charge is -2.20. The van der Waals surface area contributed by atoms with Crippen LogP contribution in [-0.4, -0.2) is 20.3 Å². The number of benzene rings is 2. The molecule has 1 unspecified atom stereocenters. The highest BCUT2D eigenvalue weighted by atomic mass is 16.5. The van der Waals surface area contributed by atoms with Crippen LogP contribution >= 0.6 is 0 Å². The second-order valence-corrected chi connectivity index (χ2v) is 4.89. The van der Waals surface area contributed by atoms with E-state index in [0.717, 1.165) is 16.9 Å². The van der Waals surface area contributed by atoms with Crippen LogP contribution in [0.3, 0.4) is 0 Å². The predicted molar refractivity (Wildman–Crippen MR) is 84.2 cm³/mol. The number of hydrazine groups is 1. The van der Waals surface area contributed by atoms with E-state index in [1.807, 2.05) is 24.3 Å². The molecule has 4 heteroatoms. The van der Waals surface area contributed by atoms with Gasteiger partial charge in [-0.05, 0) is 18.6 Å². The molecule has 0 spiro atoms. The SMILES string of the molecule is COCCOc1ccccc1C(NN)c1ccc(C)cc1. The average molecular weight is 286 g/mol. The molecule has 0 saturated heterocycles. The van der Waals surface area contributed by atoms with Gasteiger partial charge in [-0.15, -0.1) is 0 Å². The Morgan fingerprint density at radius 1 is 1.05 bits per heavy atom. The largest absolute Gasteiger partial charge is 0.491 e. The minimum Gasteiger partial charge on any atom is -0.491 e. The average Bonchev–Trinajstić information content (AvgIpc) is 2.51. The molecule has 0 aliphatic heterocycles. The van der Waals surface area contributed by atoms with Crippen LogP contribution in [0.2, 0.25) is 0 Å². The van der Waals surface area contributed by atoms with Crippen LogP contribution in [0.25, 0.3) is 0 Å². The minimum absolute atomic E-state index is 0.107. The summed E-state index contributed by atoms with van der Waals surface area (Å²) in [5.74, 6) is 6.59. The molecular weight excluding hydrogens is 264 g/mol. The fourth-order valence-electron chi connectivity index (χ4n) is 2.21. The second kappa shape index (κ2) is 7.78. The number of para-hydroxylation sites is 1. The minimum atomic E-state index is -0.107. The van der Waals surface area contributed by atoms with Crippen molar-refractivity contribution in [3.8, 4) is 5.75 Å². The van der Waals surface area contributed by atoms with Gasteiger partial charge in [0.05, 0.1) is 12.6 Å². The van der Waals surface area contributed by atoms with Gasteiger partial charge in [-0.3, -0.25) is 5.84 Å². The number of nitrogens with one attached hydrogen (secondary N) is 1. The zero-order valence-corrected chi connectivity index (χ0v) is 12.5. The quantitative estimate of drug-likeness (QED) is 0.466. The number of ether oxygens (including phenoxy) is 2. The molecule has 1 atom stereocenters. The van der Waals surface area contributed by atoms with Gasteiger partial charge in [0, 0.05) is 12.7 Å². The van der Waals surface area contributed by atoms with Crippen molar-refractivity contribution in [2.45, 2.75) is 13.0 Å². The van der Waals surface area contributed by atoms with Gasteiger partial charge in [-0.1, -0.05) is 48.0 Å². The van der Waals surface area contributed by atoms with Gasteiger partial charge in [0.2, 0.25) is 0 Å². The van der Waals surface area contributed by atoms with Crippen LogP contribution < -0.4 is 16.0 Å². The first-order valence-electron chi connectivity index (χ1n) is 6.99. The molecule has 2 rings (SSSR count). The topological polar surface area (TPSA) is 56.5 Å². The molecule has 112 valence electrons. The molecule has 0 aliphatic rings. The first kappa shape index (κ1) is 15.5. The molecule has 21 heavy (non-hydrogen) atoms. The fraction of sp³-hybridized carbons (Fsp3) is 0.294. The van der Waals surface area contributed by atoms with Crippen LogP contribution in [0.15, 0.2) is 48.5 Å². The number of hydrogen-bond acceptors (Lipinski definition) is 4. The van der Waals surface area contributed by atoms with Gasteiger partial charge in [-0.25, -0.2) is 5.43 Å². The Morgan fingerprint density at radius 2 is 1.76 bits per heavy atom. The third-order valence-corrected chi connectivity index (χ3v) is 3.35. The number of methoxy groups -OCH3 is 1. The monoisotopic (exact) mass is 286 g/mol. The zero-order chi connectivity index (χ0) is 15.1. The van der Waals surface area contributed by atoms with Crippen molar-refractivity contribution in [3.05, 3.63) is 65.2 Å². The molecule has 0 radical (unpaired) electrons. The molecular formula is C17H22N2O2. The van der Waals surface area contributed by atoms with E-state index >= 15 is 0 Å². The molecule has 0 aromatic heterocycles. The van der Waals surface area contributed by atoms with Crippen LogP contribution in [-0.2, 0) is 4.74 Å². The molecule has 0 heterocycles. The van der Waals surface area contributed by atoms with Crippen LogP contribution in [0, 0.1) is 6.92 Å². The lowest BCUT2D eigenvalue weighted by Crippen LogP contribution is -2.29. The Hall–Kier alpha value is -1.88. The van der Waals surface area contributed by atoms with Gasteiger partial charge >= 0.3 is 0 Å². The molecule has 0 fully saturated rings. The van der Waals surface area contributed by atoms with E-state index in [4.69, 9.17) is 15.3 Å². The second-order valence-electron chi connectivity index (χ2n) is 4.89.